The third kappa shape index (κ3) is 2.48. The lowest BCUT2D eigenvalue weighted by atomic mass is 9.78. The topological polar surface area (TPSA) is 20.3 Å². The van der Waals surface area contributed by atoms with Gasteiger partial charge in [0.15, 0.2) is 5.78 Å². The fourth-order valence-corrected chi connectivity index (χ4v) is 4.56. The number of carbonyl (C=O) groups excluding carboxylic acids is 1. The van der Waals surface area contributed by atoms with Crippen LogP contribution in [0.3, 0.4) is 0 Å². The maximum Gasteiger partial charge on any atom is 0.169 e. The van der Waals surface area contributed by atoms with Crippen molar-refractivity contribution in [2.24, 2.45) is 11.8 Å². The highest BCUT2D eigenvalue weighted by atomic mass is 32.1. The van der Waals surface area contributed by atoms with E-state index in [2.05, 4.69) is 44.9 Å². The first kappa shape index (κ1) is 15.3. The number of benzene rings is 1. The number of ketones is 1. The van der Waals surface area contributed by atoms with Gasteiger partial charge in [-0.3, -0.25) is 4.79 Å². The van der Waals surface area contributed by atoms with Gasteiger partial charge in [-0.1, -0.05) is 32.0 Å². The molecule has 0 saturated carbocycles. The number of rotatable bonds is 3. The van der Waals surface area contributed by atoms with Crippen LogP contribution in [0.1, 0.15) is 41.1 Å². The van der Waals surface area contributed by atoms with Crippen molar-refractivity contribution >= 4 is 27.8 Å². The molecule has 116 valence electrons. The Morgan fingerprint density at radius 3 is 2.55 bits per heavy atom. The summed E-state index contributed by atoms with van der Waals surface area (Å²) in [5.74, 6) is 0.929. The maximum atomic E-state index is 13.0. The van der Waals surface area contributed by atoms with E-state index in [1.54, 1.807) is 11.3 Å². The summed E-state index contributed by atoms with van der Waals surface area (Å²) in [6, 6.07) is 10.3. The van der Waals surface area contributed by atoms with E-state index in [0.717, 1.165) is 29.1 Å². The van der Waals surface area contributed by atoms with E-state index < -0.39 is 0 Å². The quantitative estimate of drug-likeness (QED) is 0.773. The lowest BCUT2D eigenvalue weighted by Gasteiger charge is -2.27. The van der Waals surface area contributed by atoms with Gasteiger partial charge in [0.25, 0.3) is 0 Å². The molecule has 22 heavy (non-hydrogen) atoms. The first-order chi connectivity index (χ1) is 10.5. The van der Waals surface area contributed by atoms with Crippen molar-refractivity contribution < 1.29 is 4.79 Å². The van der Waals surface area contributed by atoms with Crippen LogP contribution >= 0.6 is 11.3 Å². The van der Waals surface area contributed by atoms with Crippen molar-refractivity contribution in [2.45, 2.75) is 33.6 Å². The van der Waals surface area contributed by atoms with E-state index in [4.69, 9.17) is 0 Å². The van der Waals surface area contributed by atoms with Crippen LogP contribution in [0.5, 0.6) is 0 Å². The van der Waals surface area contributed by atoms with E-state index in [0.29, 0.717) is 11.7 Å². The molecule has 0 amide bonds. The van der Waals surface area contributed by atoms with Gasteiger partial charge in [0.2, 0.25) is 0 Å². The zero-order valence-electron chi connectivity index (χ0n) is 13.7. The molecule has 1 aromatic carbocycles. The fraction of sp³-hybridized carbons (Fsp3) is 0.421. The maximum absolute atomic E-state index is 13.0. The van der Waals surface area contributed by atoms with Crippen LogP contribution in [0.4, 0.5) is 10.7 Å². The normalized spacial score (nSPS) is 17.7. The average Bonchev–Trinajstić information content (AvgIpc) is 2.85. The molecule has 0 spiro atoms. The van der Waals surface area contributed by atoms with Crippen LogP contribution in [0.15, 0.2) is 30.3 Å². The Hall–Kier alpha value is -1.61. The molecule has 3 rings (SSSR count). The van der Waals surface area contributed by atoms with Crippen molar-refractivity contribution in [3.05, 3.63) is 46.3 Å². The minimum absolute atomic E-state index is 0.171. The summed E-state index contributed by atoms with van der Waals surface area (Å²) in [5, 5.41) is 1.11. The molecule has 0 N–H and O–H groups in total. The molecule has 0 fully saturated rings. The standard InChI is InChI=1S/C19H23NOS/c1-12(2)15-10-11-16-13(3)22-19(17(16)18(15)21)20(4)14-8-6-5-7-9-14/h5-9,12,15H,10-11H2,1-4H3. The molecule has 0 bridgehead atoms. The summed E-state index contributed by atoms with van der Waals surface area (Å²) in [5.41, 5.74) is 3.40. The molecule has 2 aromatic rings. The van der Waals surface area contributed by atoms with E-state index in [1.807, 2.05) is 18.2 Å². The van der Waals surface area contributed by atoms with E-state index >= 15 is 0 Å². The number of anilines is 2. The first-order valence-corrected chi connectivity index (χ1v) is 8.77. The largest absolute Gasteiger partial charge is 0.336 e. The van der Waals surface area contributed by atoms with Gasteiger partial charge in [0, 0.05) is 23.5 Å². The van der Waals surface area contributed by atoms with Crippen molar-refractivity contribution in [1.82, 2.24) is 0 Å². The molecule has 0 radical (unpaired) electrons. The number of hydrogen-bond donors (Lipinski definition) is 0. The van der Waals surface area contributed by atoms with Gasteiger partial charge in [-0.15, -0.1) is 11.3 Å². The molecule has 0 saturated heterocycles. The summed E-state index contributed by atoms with van der Waals surface area (Å²) >= 11 is 1.76. The number of fused-ring (bicyclic) bond motifs is 1. The van der Waals surface area contributed by atoms with Crippen LogP contribution in [0.25, 0.3) is 0 Å². The van der Waals surface area contributed by atoms with Gasteiger partial charge in [-0.05, 0) is 43.4 Å². The predicted octanol–water partition coefficient (Wildman–Crippen LogP) is 5.23. The van der Waals surface area contributed by atoms with Gasteiger partial charge < -0.3 is 4.90 Å². The highest BCUT2D eigenvalue weighted by molar-refractivity contribution is 7.16. The van der Waals surface area contributed by atoms with E-state index in [9.17, 15) is 4.79 Å². The molecule has 1 aliphatic rings. The first-order valence-electron chi connectivity index (χ1n) is 7.96. The second-order valence-corrected chi connectivity index (χ2v) is 7.67. The second-order valence-electron chi connectivity index (χ2n) is 6.46. The molecular formula is C19H23NOS. The minimum Gasteiger partial charge on any atom is -0.336 e. The monoisotopic (exact) mass is 313 g/mol. The van der Waals surface area contributed by atoms with Gasteiger partial charge in [0.1, 0.15) is 5.00 Å². The number of hydrogen-bond acceptors (Lipinski definition) is 3. The number of para-hydroxylation sites is 1. The van der Waals surface area contributed by atoms with Crippen LogP contribution in [0.2, 0.25) is 0 Å². The highest BCUT2D eigenvalue weighted by Crippen LogP contribution is 2.44. The number of carbonyl (C=O) groups is 1. The Morgan fingerprint density at radius 1 is 1.23 bits per heavy atom. The lowest BCUT2D eigenvalue weighted by molar-refractivity contribution is 0.0865. The summed E-state index contributed by atoms with van der Waals surface area (Å²) in [4.78, 5) is 16.5. The Balaban J connectivity index is 2.06. The Kier molecular flexibility index (Phi) is 4.09. The summed E-state index contributed by atoms with van der Waals surface area (Å²) in [7, 11) is 2.06. The van der Waals surface area contributed by atoms with Crippen LogP contribution in [0, 0.1) is 18.8 Å². The van der Waals surface area contributed by atoms with Crippen LogP contribution < -0.4 is 4.90 Å². The number of aryl methyl sites for hydroxylation is 1. The fourth-order valence-electron chi connectivity index (χ4n) is 3.38. The van der Waals surface area contributed by atoms with Gasteiger partial charge >= 0.3 is 0 Å². The molecule has 2 nitrogen and oxygen atoms in total. The van der Waals surface area contributed by atoms with E-state index in [1.165, 1.54) is 10.4 Å². The van der Waals surface area contributed by atoms with Crippen molar-refractivity contribution in [3.8, 4) is 0 Å². The summed E-state index contributed by atoms with van der Waals surface area (Å²) < 4.78 is 0. The Labute approximate surface area is 136 Å². The van der Waals surface area contributed by atoms with Gasteiger partial charge in [-0.2, -0.15) is 0 Å². The molecule has 3 heteroatoms. The smallest absolute Gasteiger partial charge is 0.169 e. The van der Waals surface area contributed by atoms with Gasteiger partial charge in [0.05, 0.1) is 5.56 Å². The van der Waals surface area contributed by atoms with E-state index in [-0.39, 0.29) is 5.92 Å². The Morgan fingerprint density at radius 2 is 1.91 bits per heavy atom. The summed E-state index contributed by atoms with van der Waals surface area (Å²) in [6.45, 7) is 6.47. The molecular weight excluding hydrogens is 290 g/mol. The number of nitrogens with zero attached hydrogens (tertiary/aromatic N) is 1. The molecule has 1 atom stereocenters. The predicted molar refractivity (Wildman–Crippen MR) is 94.5 cm³/mol. The van der Waals surface area contributed by atoms with Gasteiger partial charge in [-0.25, -0.2) is 0 Å². The lowest BCUT2D eigenvalue weighted by Crippen LogP contribution is -2.27. The highest BCUT2D eigenvalue weighted by Gasteiger charge is 2.35. The third-order valence-electron chi connectivity index (χ3n) is 4.73. The van der Waals surface area contributed by atoms with Crippen LogP contribution in [-0.2, 0) is 6.42 Å². The number of Topliss-reactive ketones (excluding diaryl/α,β-unsaturated/α-hetero) is 1. The molecule has 1 aliphatic carbocycles. The molecule has 1 aromatic heterocycles. The molecule has 1 heterocycles. The zero-order valence-corrected chi connectivity index (χ0v) is 14.5. The van der Waals surface area contributed by atoms with Crippen molar-refractivity contribution in [3.63, 3.8) is 0 Å². The third-order valence-corrected chi connectivity index (χ3v) is 5.96. The Bertz CT molecular complexity index is 687. The SMILES string of the molecule is Cc1sc(N(C)c2ccccc2)c2c1CCC(C(C)C)C2=O. The van der Waals surface area contributed by atoms with Crippen molar-refractivity contribution in [2.75, 3.05) is 11.9 Å². The van der Waals surface area contributed by atoms with Crippen LogP contribution in [-0.4, -0.2) is 12.8 Å². The van der Waals surface area contributed by atoms with Crippen molar-refractivity contribution in [1.29, 1.82) is 0 Å². The minimum atomic E-state index is 0.171. The average molecular weight is 313 g/mol. The summed E-state index contributed by atoms with van der Waals surface area (Å²) in [6.07, 6.45) is 2.03. The number of thiophene rings is 1. The molecule has 0 aliphatic heterocycles. The second kappa shape index (κ2) is 5.88. The molecule has 1 unspecified atom stereocenters. The zero-order chi connectivity index (χ0) is 15.9.